The van der Waals surface area contributed by atoms with Crippen LogP contribution in [0.5, 0.6) is 0 Å². The number of aliphatic hydroxyl groups excluding tert-OH is 1. The number of aliphatic hydroxyl groups is 1. The molecule has 0 heterocycles. The van der Waals surface area contributed by atoms with E-state index in [2.05, 4.69) is 19.1 Å². The van der Waals surface area contributed by atoms with Gasteiger partial charge in [0.25, 0.3) is 0 Å². The van der Waals surface area contributed by atoms with Gasteiger partial charge in [0.1, 0.15) is 6.61 Å². The van der Waals surface area contributed by atoms with Gasteiger partial charge in [-0.25, -0.2) is 0 Å². The third-order valence-corrected chi connectivity index (χ3v) is 5.53. The summed E-state index contributed by atoms with van der Waals surface area (Å²) in [6.07, 6.45) is 1.14. The van der Waals surface area contributed by atoms with Crippen molar-refractivity contribution in [3.8, 4) is 0 Å². The van der Waals surface area contributed by atoms with Crippen molar-refractivity contribution in [1.29, 1.82) is 0 Å². The van der Waals surface area contributed by atoms with Gasteiger partial charge in [0.15, 0.2) is 0 Å². The molecule has 1 fully saturated rings. The van der Waals surface area contributed by atoms with Crippen LogP contribution in [0, 0.1) is 10.8 Å². The number of esters is 1. The van der Waals surface area contributed by atoms with E-state index in [1.54, 1.807) is 0 Å². The third kappa shape index (κ3) is 1.87. The van der Waals surface area contributed by atoms with E-state index in [9.17, 15) is 9.90 Å². The summed E-state index contributed by atoms with van der Waals surface area (Å²) < 4.78 is 5.58. The Morgan fingerprint density at radius 3 is 2.67 bits per heavy atom. The van der Waals surface area contributed by atoms with Crippen molar-refractivity contribution in [2.45, 2.75) is 52.1 Å². The molecule has 0 unspecified atom stereocenters. The molecule has 0 spiro atoms. The fourth-order valence-electron chi connectivity index (χ4n) is 3.98. The summed E-state index contributed by atoms with van der Waals surface area (Å²) in [6, 6.07) is 8.35. The maximum atomic E-state index is 12.1. The van der Waals surface area contributed by atoms with Gasteiger partial charge in [-0.1, -0.05) is 31.2 Å². The van der Waals surface area contributed by atoms with E-state index in [0.717, 1.165) is 12.8 Å². The summed E-state index contributed by atoms with van der Waals surface area (Å²) in [6.45, 7) is 8.05. The minimum absolute atomic E-state index is 0.0822. The standard InChI is InChI=1S/C18H24O3/c1-16(2,3)15(20)21-11-18-9-12-7-5-6-8-13(12)17(18,4)10-14(18)19/h5-8,14,19H,9-11H2,1-4H3/t14-,17-,18+/m1/s1. The largest absolute Gasteiger partial charge is 0.465 e. The van der Waals surface area contributed by atoms with Crippen molar-refractivity contribution in [2.24, 2.45) is 10.8 Å². The van der Waals surface area contributed by atoms with Crippen molar-refractivity contribution in [3.05, 3.63) is 35.4 Å². The summed E-state index contributed by atoms with van der Waals surface area (Å²) in [5.74, 6) is -0.200. The Morgan fingerprint density at radius 2 is 2.05 bits per heavy atom. The van der Waals surface area contributed by atoms with E-state index < -0.39 is 11.5 Å². The normalized spacial score (nSPS) is 33.9. The van der Waals surface area contributed by atoms with Gasteiger partial charge in [0.05, 0.1) is 11.5 Å². The van der Waals surface area contributed by atoms with Crippen LogP contribution in [-0.2, 0) is 21.4 Å². The Hall–Kier alpha value is -1.35. The maximum absolute atomic E-state index is 12.1. The van der Waals surface area contributed by atoms with Crippen LogP contribution < -0.4 is 0 Å². The van der Waals surface area contributed by atoms with E-state index >= 15 is 0 Å². The Bertz CT molecular complexity index is 586. The minimum atomic E-state index is -0.507. The van der Waals surface area contributed by atoms with Crippen LogP contribution in [-0.4, -0.2) is 23.8 Å². The van der Waals surface area contributed by atoms with E-state index in [1.165, 1.54) is 11.1 Å². The Morgan fingerprint density at radius 1 is 1.38 bits per heavy atom. The van der Waals surface area contributed by atoms with Crippen LogP contribution in [0.25, 0.3) is 0 Å². The Balaban J connectivity index is 1.86. The van der Waals surface area contributed by atoms with Crippen molar-refractivity contribution in [2.75, 3.05) is 6.61 Å². The molecule has 1 aromatic rings. The highest BCUT2D eigenvalue weighted by Crippen LogP contribution is 2.64. The topological polar surface area (TPSA) is 46.5 Å². The molecular formula is C18H24O3. The first kappa shape index (κ1) is 14.6. The van der Waals surface area contributed by atoms with Gasteiger partial charge in [-0.05, 0) is 44.7 Å². The first-order chi connectivity index (χ1) is 9.71. The number of hydrogen-bond donors (Lipinski definition) is 1. The zero-order chi connectivity index (χ0) is 15.5. The molecule has 3 rings (SSSR count). The lowest BCUT2D eigenvalue weighted by Gasteiger charge is -2.57. The van der Waals surface area contributed by atoms with E-state index in [0.29, 0.717) is 6.61 Å². The summed E-state index contributed by atoms with van der Waals surface area (Å²) in [5.41, 5.74) is 1.65. The first-order valence-corrected chi connectivity index (χ1v) is 7.64. The molecule has 2 aliphatic carbocycles. The minimum Gasteiger partial charge on any atom is -0.465 e. The van der Waals surface area contributed by atoms with Crippen LogP contribution >= 0.6 is 0 Å². The van der Waals surface area contributed by atoms with Crippen LogP contribution in [0.4, 0.5) is 0 Å². The van der Waals surface area contributed by atoms with Gasteiger partial charge in [-0.2, -0.15) is 0 Å². The smallest absolute Gasteiger partial charge is 0.311 e. The lowest BCUT2D eigenvalue weighted by Crippen LogP contribution is -2.63. The molecule has 1 N–H and O–H groups in total. The maximum Gasteiger partial charge on any atom is 0.311 e. The lowest BCUT2D eigenvalue weighted by atomic mass is 9.49. The summed E-state index contributed by atoms with van der Waals surface area (Å²) in [5, 5.41) is 10.4. The first-order valence-electron chi connectivity index (χ1n) is 7.64. The second-order valence-electron chi connectivity index (χ2n) is 7.87. The van der Waals surface area contributed by atoms with Crippen LogP contribution in [0.1, 0.15) is 45.2 Å². The van der Waals surface area contributed by atoms with Gasteiger partial charge >= 0.3 is 5.97 Å². The number of ether oxygens (including phenoxy) is 1. The zero-order valence-corrected chi connectivity index (χ0v) is 13.3. The van der Waals surface area contributed by atoms with Crippen molar-refractivity contribution in [3.63, 3.8) is 0 Å². The molecule has 0 aliphatic heterocycles. The molecule has 1 aromatic carbocycles. The van der Waals surface area contributed by atoms with E-state index in [1.807, 2.05) is 32.9 Å². The Labute approximate surface area is 126 Å². The highest BCUT2D eigenvalue weighted by atomic mass is 16.5. The fraction of sp³-hybridized carbons (Fsp3) is 0.611. The van der Waals surface area contributed by atoms with E-state index in [-0.39, 0.29) is 16.8 Å². The zero-order valence-electron chi connectivity index (χ0n) is 13.3. The molecule has 0 saturated heterocycles. The van der Waals surface area contributed by atoms with Gasteiger partial charge in [0, 0.05) is 10.8 Å². The van der Waals surface area contributed by atoms with Gasteiger partial charge < -0.3 is 9.84 Å². The van der Waals surface area contributed by atoms with Crippen molar-refractivity contribution >= 4 is 5.97 Å². The van der Waals surface area contributed by atoms with Crippen molar-refractivity contribution in [1.82, 2.24) is 0 Å². The number of fused-ring (bicyclic) bond motifs is 3. The molecule has 3 heteroatoms. The second kappa shape index (κ2) is 4.33. The summed E-state index contributed by atoms with van der Waals surface area (Å²) >= 11 is 0. The molecule has 0 radical (unpaired) electrons. The van der Waals surface area contributed by atoms with Gasteiger partial charge in [-0.3, -0.25) is 4.79 Å². The SMILES string of the molecule is CC(C)(C)C(=O)OC[C@]12Cc3ccccc3[C@@]1(C)C[C@H]2O. The fourth-order valence-corrected chi connectivity index (χ4v) is 3.98. The molecule has 0 aromatic heterocycles. The molecule has 0 amide bonds. The third-order valence-electron chi connectivity index (χ3n) is 5.53. The van der Waals surface area contributed by atoms with Crippen LogP contribution in [0.2, 0.25) is 0 Å². The predicted octanol–water partition coefficient (Wildman–Crippen LogP) is 2.84. The number of hydrogen-bond acceptors (Lipinski definition) is 3. The number of benzene rings is 1. The Kier molecular flexibility index (Phi) is 3.00. The number of rotatable bonds is 2. The predicted molar refractivity (Wildman–Crippen MR) is 81.0 cm³/mol. The number of carbonyl (C=O) groups is 1. The molecule has 114 valence electrons. The van der Waals surface area contributed by atoms with Crippen molar-refractivity contribution < 1.29 is 14.6 Å². The van der Waals surface area contributed by atoms with E-state index in [4.69, 9.17) is 4.74 Å². The second-order valence-corrected chi connectivity index (χ2v) is 7.87. The molecule has 3 nitrogen and oxygen atoms in total. The monoisotopic (exact) mass is 288 g/mol. The lowest BCUT2D eigenvalue weighted by molar-refractivity contribution is -0.183. The molecule has 0 bridgehead atoms. The van der Waals surface area contributed by atoms with Crippen LogP contribution in [0.3, 0.4) is 0 Å². The quantitative estimate of drug-likeness (QED) is 0.851. The van der Waals surface area contributed by atoms with Gasteiger partial charge in [0.2, 0.25) is 0 Å². The molecule has 1 saturated carbocycles. The highest BCUT2D eigenvalue weighted by molar-refractivity contribution is 5.75. The average Bonchev–Trinajstić information content (AvgIpc) is 2.61. The average molecular weight is 288 g/mol. The summed E-state index contributed by atoms with van der Waals surface area (Å²) in [7, 11) is 0. The molecule has 3 atom stereocenters. The number of carbonyl (C=O) groups excluding carboxylic acids is 1. The molecule has 2 aliphatic rings. The van der Waals surface area contributed by atoms with Gasteiger partial charge in [-0.15, -0.1) is 0 Å². The van der Waals surface area contributed by atoms with Crippen LogP contribution in [0.15, 0.2) is 24.3 Å². The molecule has 21 heavy (non-hydrogen) atoms. The summed E-state index contributed by atoms with van der Waals surface area (Å²) in [4.78, 5) is 12.1. The highest BCUT2D eigenvalue weighted by Gasteiger charge is 2.67. The molecular weight excluding hydrogens is 264 g/mol.